The predicted molar refractivity (Wildman–Crippen MR) is 17.2 cm³/mol. The van der Waals surface area contributed by atoms with Crippen molar-refractivity contribution in [3.05, 3.63) is 0 Å². The molecule has 5 heavy (non-hydrogen) atoms. The lowest BCUT2D eigenvalue weighted by molar-refractivity contribution is -0.104. The third kappa shape index (κ3) is 3.92. The molecule has 0 aliphatic carbocycles. The lowest BCUT2D eigenvalue weighted by atomic mass is 10.8. The number of ether oxygens (including phenoxy) is 1. The first-order chi connectivity index (χ1) is 2.27. The van der Waals surface area contributed by atoms with Crippen molar-refractivity contribution in [2.24, 2.45) is 0 Å². The highest BCUT2D eigenvalue weighted by molar-refractivity contribution is 4.10. The molecule has 1 unspecified atom stereocenters. The number of hydrogen-bond donors (Lipinski definition) is 0. The molecule has 2 heteroatoms. The molecule has 0 aromatic heterocycles. The Hall–Kier alpha value is -0.0800. The molecule has 1 radical (unpaired) electrons. The Morgan fingerprint density at radius 1 is 1.80 bits per heavy atom. The molecule has 0 N–H and O–H groups in total. The predicted octanol–water partition coefficient (Wildman–Crippen LogP) is 0.409. The summed E-state index contributed by atoms with van der Waals surface area (Å²) in [6.45, 7) is 1.44. The molecule has 0 aliphatic heterocycles. The third-order valence-corrected chi connectivity index (χ3v) is 0.332. The van der Waals surface area contributed by atoms with Gasteiger partial charge in [-0.1, -0.05) is 0 Å². The van der Waals surface area contributed by atoms with Gasteiger partial charge in [-0.2, -0.15) is 0 Å². The maximum atomic E-state index is 9.67. The van der Waals surface area contributed by atoms with Crippen LogP contribution < -0.4 is 0 Å². The molecule has 0 bridgehead atoms. The molecule has 1 atom stereocenters. The van der Waals surface area contributed by atoms with Crippen LogP contribution in [0.1, 0.15) is 6.92 Å². The summed E-state index contributed by atoms with van der Waals surface area (Å²) in [5.41, 5.74) is 0. The van der Waals surface area contributed by atoms with Gasteiger partial charge in [0.25, 0.3) is 0 Å². The maximum Gasteiger partial charge on any atom is 0.188 e. The SMILES string of the molecule is COC(C)[O]. The van der Waals surface area contributed by atoms with E-state index in [1.165, 1.54) is 14.0 Å². The molecule has 0 saturated heterocycles. The van der Waals surface area contributed by atoms with Gasteiger partial charge in [0, 0.05) is 7.11 Å². The largest absolute Gasteiger partial charge is 0.353 e. The summed E-state index contributed by atoms with van der Waals surface area (Å²) < 4.78 is 4.19. The third-order valence-electron chi connectivity index (χ3n) is 0.332. The topological polar surface area (TPSA) is 29.1 Å². The monoisotopic (exact) mass is 75.0 g/mol. The molecule has 0 aliphatic rings. The number of hydrogen-bond acceptors (Lipinski definition) is 1. The minimum Gasteiger partial charge on any atom is -0.353 e. The highest BCUT2D eigenvalue weighted by Gasteiger charge is 1.84. The fourth-order valence-corrected chi connectivity index (χ4v) is 0. The molecule has 2 nitrogen and oxygen atoms in total. The first-order valence-electron chi connectivity index (χ1n) is 1.46. The van der Waals surface area contributed by atoms with Crippen molar-refractivity contribution in [2.75, 3.05) is 7.11 Å². The van der Waals surface area contributed by atoms with E-state index in [9.17, 15) is 5.11 Å². The van der Waals surface area contributed by atoms with E-state index in [0.29, 0.717) is 0 Å². The molecule has 0 saturated carbocycles. The van der Waals surface area contributed by atoms with Gasteiger partial charge in [-0.25, -0.2) is 5.11 Å². The fraction of sp³-hybridized carbons (Fsp3) is 1.00. The smallest absolute Gasteiger partial charge is 0.188 e. The molecular formula is C3H7O2. The van der Waals surface area contributed by atoms with E-state index in [2.05, 4.69) is 4.74 Å². The molecule has 0 heterocycles. The lowest BCUT2D eigenvalue weighted by Crippen LogP contribution is -1.97. The lowest BCUT2D eigenvalue weighted by Gasteiger charge is -1.90. The summed E-state index contributed by atoms with van der Waals surface area (Å²) in [7, 11) is 1.39. The van der Waals surface area contributed by atoms with Gasteiger partial charge in [-0.3, -0.25) is 0 Å². The van der Waals surface area contributed by atoms with E-state index in [0.717, 1.165) is 0 Å². The van der Waals surface area contributed by atoms with Crippen LogP contribution >= 0.6 is 0 Å². The molecule has 0 amide bonds. The van der Waals surface area contributed by atoms with Crippen LogP contribution in [0.15, 0.2) is 0 Å². The molecule has 0 aromatic carbocycles. The Morgan fingerprint density at radius 3 is 2.00 bits per heavy atom. The van der Waals surface area contributed by atoms with E-state index in [4.69, 9.17) is 0 Å². The van der Waals surface area contributed by atoms with Crippen molar-refractivity contribution in [1.82, 2.24) is 0 Å². The van der Waals surface area contributed by atoms with Crippen LogP contribution in [0.3, 0.4) is 0 Å². The summed E-state index contributed by atoms with van der Waals surface area (Å²) in [6, 6.07) is 0. The molecule has 0 fully saturated rings. The van der Waals surface area contributed by atoms with Crippen LogP contribution in [0.25, 0.3) is 0 Å². The Bertz CT molecular complexity index is 18.9. The Labute approximate surface area is 31.4 Å². The van der Waals surface area contributed by atoms with Gasteiger partial charge in [-0.15, -0.1) is 0 Å². The van der Waals surface area contributed by atoms with Crippen LogP contribution in [0.4, 0.5) is 0 Å². The standard InChI is InChI=1S/C3H7O2/c1-3(4)5-2/h3H,1-2H3. The molecule has 0 aromatic rings. The normalized spacial score (nSPS) is 15.0. The van der Waals surface area contributed by atoms with Crippen molar-refractivity contribution in [2.45, 2.75) is 13.2 Å². The van der Waals surface area contributed by atoms with Crippen molar-refractivity contribution in [3.63, 3.8) is 0 Å². The van der Waals surface area contributed by atoms with Crippen LogP contribution in [0.2, 0.25) is 0 Å². The van der Waals surface area contributed by atoms with Crippen molar-refractivity contribution >= 4 is 0 Å². The Morgan fingerprint density at radius 2 is 2.00 bits per heavy atom. The minimum absolute atomic E-state index is 0.866. The molecular weight excluding hydrogens is 68.0 g/mol. The van der Waals surface area contributed by atoms with Gasteiger partial charge in [0.15, 0.2) is 6.29 Å². The van der Waals surface area contributed by atoms with Gasteiger partial charge >= 0.3 is 0 Å². The second-order valence-corrected chi connectivity index (χ2v) is 0.803. The first-order valence-corrected chi connectivity index (χ1v) is 1.46. The summed E-state index contributed by atoms with van der Waals surface area (Å²) >= 11 is 0. The molecule has 0 rings (SSSR count). The average Bonchev–Trinajstić information content (AvgIpc) is 1.38. The van der Waals surface area contributed by atoms with Crippen LogP contribution in [0, 0.1) is 0 Å². The minimum atomic E-state index is -0.866. The van der Waals surface area contributed by atoms with E-state index in [-0.39, 0.29) is 0 Å². The average molecular weight is 75.1 g/mol. The highest BCUT2D eigenvalue weighted by atomic mass is 16.6. The second-order valence-electron chi connectivity index (χ2n) is 0.803. The Kier molecular flexibility index (Phi) is 2.14. The van der Waals surface area contributed by atoms with Gasteiger partial charge in [0.05, 0.1) is 0 Å². The summed E-state index contributed by atoms with van der Waals surface area (Å²) in [5.74, 6) is 0. The zero-order chi connectivity index (χ0) is 4.28. The summed E-state index contributed by atoms with van der Waals surface area (Å²) in [5, 5.41) is 9.67. The van der Waals surface area contributed by atoms with Gasteiger partial charge in [0.1, 0.15) is 0 Å². The van der Waals surface area contributed by atoms with Crippen LogP contribution in [-0.4, -0.2) is 13.4 Å². The van der Waals surface area contributed by atoms with E-state index < -0.39 is 6.29 Å². The summed E-state index contributed by atoms with van der Waals surface area (Å²) in [6.07, 6.45) is -0.866. The number of methoxy groups -OCH3 is 1. The van der Waals surface area contributed by atoms with Crippen molar-refractivity contribution in [1.29, 1.82) is 0 Å². The molecule has 31 valence electrons. The fourth-order valence-electron chi connectivity index (χ4n) is 0. The maximum absolute atomic E-state index is 9.67. The van der Waals surface area contributed by atoms with Gasteiger partial charge in [-0.05, 0) is 6.92 Å². The number of rotatable bonds is 1. The van der Waals surface area contributed by atoms with Crippen molar-refractivity contribution < 1.29 is 9.84 Å². The summed E-state index contributed by atoms with van der Waals surface area (Å²) in [4.78, 5) is 0. The van der Waals surface area contributed by atoms with Gasteiger partial charge < -0.3 is 4.74 Å². The zero-order valence-electron chi connectivity index (χ0n) is 3.39. The second kappa shape index (κ2) is 2.18. The van der Waals surface area contributed by atoms with Crippen LogP contribution in [-0.2, 0) is 9.84 Å². The first kappa shape index (κ1) is 4.92. The van der Waals surface area contributed by atoms with E-state index in [1.54, 1.807) is 0 Å². The Balaban J connectivity index is 2.54. The highest BCUT2D eigenvalue weighted by Crippen LogP contribution is 1.74. The van der Waals surface area contributed by atoms with Crippen LogP contribution in [0.5, 0.6) is 0 Å². The quantitative estimate of drug-likeness (QED) is 0.415. The van der Waals surface area contributed by atoms with E-state index in [1.807, 2.05) is 0 Å². The van der Waals surface area contributed by atoms with Crippen molar-refractivity contribution in [3.8, 4) is 0 Å². The zero-order valence-corrected chi connectivity index (χ0v) is 3.39. The molecule has 0 spiro atoms. The van der Waals surface area contributed by atoms with Gasteiger partial charge in [0.2, 0.25) is 0 Å². The van der Waals surface area contributed by atoms with E-state index >= 15 is 0 Å².